The Labute approximate surface area is 103 Å². The highest BCUT2D eigenvalue weighted by atomic mass is 16.4. The first-order valence-corrected chi connectivity index (χ1v) is 5.39. The van der Waals surface area contributed by atoms with Crippen LogP contribution in [0.5, 0.6) is 0 Å². The molecular formula is C10H14N2O6. The van der Waals surface area contributed by atoms with Crippen LogP contribution in [0.15, 0.2) is 0 Å². The van der Waals surface area contributed by atoms with Gasteiger partial charge >= 0.3 is 11.9 Å². The zero-order valence-electron chi connectivity index (χ0n) is 9.66. The van der Waals surface area contributed by atoms with Gasteiger partial charge in [-0.05, 0) is 0 Å². The quantitative estimate of drug-likeness (QED) is 0.641. The number of nitrogens with zero attached hydrogens (tertiary/aromatic N) is 2. The van der Waals surface area contributed by atoms with E-state index in [1.165, 1.54) is 0 Å². The van der Waals surface area contributed by atoms with Gasteiger partial charge in [0.1, 0.15) is 13.1 Å². The van der Waals surface area contributed by atoms with Crippen molar-refractivity contribution >= 4 is 23.8 Å². The van der Waals surface area contributed by atoms with Crippen LogP contribution in [0.2, 0.25) is 0 Å². The minimum absolute atomic E-state index is 0.0000850. The van der Waals surface area contributed by atoms with Crippen molar-refractivity contribution in [3.05, 3.63) is 0 Å². The zero-order chi connectivity index (χ0) is 13.7. The molecular weight excluding hydrogens is 244 g/mol. The summed E-state index contributed by atoms with van der Waals surface area (Å²) in [4.78, 5) is 46.5. The lowest BCUT2D eigenvalue weighted by Crippen LogP contribution is -2.45. The second-order valence-electron chi connectivity index (χ2n) is 3.92. The lowest BCUT2D eigenvalue weighted by molar-refractivity contribution is -0.149. The first kappa shape index (κ1) is 13.9. The van der Waals surface area contributed by atoms with Crippen LogP contribution < -0.4 is 0 Å². The van der Waals surface area contributed by atoms with Crippen LogP contribution in [0, 0.1) is 0 Å². The van der Waals surface area contributed by atoms with Gasteiger partial charge in [-0.15, -0.1) is 0 Å². The van der Waals surface area contributed by atoms with Gasteiger partial charge in [-0.3, -0.25) is 19.2 Å². The topological polar surface area (TPSA) is 115 Å². The summed E-state index contributed by atoms with van der Waals surface area (Å²) < 4.78 is 0. The number of rotatable bonds is 4. The lowest BCUT2D eigenvalue weighted by Gasteiger charge is -2.28. The van der Waals surface area contributed by atoms with E-state index in [9.17, 15) is 19.2 Å². The molecule has 0 aliphatic carbocycles. The number of carboxylic acids is 2. The van der Waals surface area contributed by atoms with Gasteiger partial charge in [0.25, 0.3) is 0 Å². The predicted octanol–water partition coefficient (Wildman–Crippen LogP) is -1.39. The molecule has 1 aliphatic rings. The number of carbonyl (C=O) groups excluding carboxylic acids is 2. The van der Waals surface area contributed by atoms with E-state index in [1.807, 2.05) is 0 Å². The maximum absolute atomic E-state index is 11.6. The molecule has 0 spiro atoms. The van der Waals surface area contributed by atoms with Crippen molar-refractivity contribution in [1.29, 1.82) is 0 Å². The van der Waals surface area contributed by atoms with E-state index in [0.717, 1.165) is 9.80 Å². The molecule has 0 aromatic rings. The van der Waals surface area contributed by atoms with Gasteiger partial charge in [0.05, 0.1) is 0 Å². The molecule has 0 aromatic heterocycles. The third kappa shape index (κ3) is 4.04. The van der Waals surface area contributed by atoms with E-state index in [-0.39, 0.29) is 37.7 Å². The second kappa shape index (κ2) is 5.99. The molecule has 0 atom stereocenters. The summed E-state index contributed by atoms with van der Waals surface area (Å²) in [6.07, 6.45) is -0.126. The number of carboxylic acid groups (broad SMARTS) is 2. The first-order valence-electron chi connectivity index (χ1n) is 5.39. The van der Waals surface area contributed by atoms with Crippen LogP contribution in [-0.4, -0.2) is 69.9 Å². The summed E-state index contributed by atoms with van der Waals surface area (Å²) in [5.74, 6) is -3.06. The highest BCUT2D eigenvalue weighted by molar-refractivity contribution is 5.86. The highest BCUT2D eigenvalue weighted by Gasteiger charge is 2.25. The third-order valence-corrected chi connectivity index (χ3v) is 2.55. The van der Waals surface area contributed by atoms with Gasteiger partial charge in [-0.25, -0.2) is 0 Å². The van der Waals surface area contributed by atoms with E-state index < -0.39 is 25.0 Å². The van der Waals surface area contributed by atoms with Crippen molar-refractivity contribution in [1.82, 2.24) is 9.80 Å². The number of amides is 2. The van der Waals surface area contributed by atoms with Gasteiger partial charge in [-0.1, -0.05) is 0 Å². The Morgan fingerprint density at radius 2 is 1.22 bits per heavy atom. The van der Waals surface area contributed by atoms with Crippen LogP contribution >= 0.6 is 0 Å². The Hall–Kier alpha value is -2.12. The molecule has 100 valence electrons. The van der Waals surface area contributed by atoms with Crippen LogP contribution in [0.4, 0.5) is 0 Å². The first-order chi connectivity index (χ1) is 8.40. The molecule has 1 heterocycles. The normalized spacial score (nSPS) is 17.3. The Bertz CT molecular complexity index is 345. The van der Waals surface area contributed by atoms with Crippen molar-refractivity contribution in [2.24, 2.45) is 0 Å². The van der Waals surface area contributed by atoms with Gasteiger partial charge in [0.15, 0.2) is 0 Å². The third-order valence-electron chi connectivity index (χ3n) is 2.55. The Morgan fingerprint density at radius 3 is 1.50 bits per heavy atom. The van der Waals surface area contributed by atoms with Crippen molar-refractivity contribution in [3.8, 4) is 0 Å². The van der Waals surface area contributed by atoms with E-state index in [1.54, 1.807) is 0 Å². The van der Waals surface area contributed by atoms with Gasteiger partial charge in [0, 0.05) is 25.9 Å². The van der Waals surface area contributed by atoms with Gasteiger partial charge in [-0.2, -0.15) is 0 Å². The number of hydrogen-bond donors (Lipinski definition) is 2. The average Bonchev–Trinajstić information content (AvgIpc) is 2.26. The largest absolute Gasteiger partial charge is 0.480 e. The second-order valence-corrected chi connectivity index (χ2v) is 3.92. The Balaban J connectivity index is 2.65. The van der Waals surface area contributed by atoms with E-state index in [4.69, 9.17) is 10.2 Å². The molecule has 1 fully saturated rings. The number of hydrogen-bond acceptors (Lipinski definition) is 4. The molecule has 0 aromatic carbocycles. The molecule has 2 N–H and O–H groups in total. The summed E-state index contributed by atoms with van der Waals surface area (Å²) in [6.45, 7) is -0.879. The predicted molar refractivity (Wildman–Crippen MR) is 57.7 cm³/mol. The van der Waals surface area contributed by atoms with Crippen molar-refractivity contribution in [2.45, 2.75) is 12.8 Å². The summed E-state index contributed by atoms with van der Waals surface area (Å²) in [7, 11) is 0. The van der Waals surface area contributed by atoms with Crippen molar-refractivity contribution in [2.75, 3.05) is 26.2 Å². The standard InChI is InChI=1S/C10H14N2O6/c13-7-1-3-11(5-9(15)16)8(14)2-4-12(7)6-10(17)18/h1-6H2,(H,15,16)(H,17,18). The minimum atomic E-state index is -1.14. The smallest absolute Gasteiger partial charge is 0.323 e. The van der Waals surface area contributed by atoms with Crippen LogP contribution in [0.1, 0.15) is 12.8 Å². The molecule has 0 bridgehead atoms. The van der Waals surface area contributed by atoms with Crippen molar-refractivity contribution in [3.63, 3.8) is 0 Å². The van der Waals surface area contributed by atoms with Gasteiger partial charge in [0.2, 0.25) is 11.8 Å². The molecule has 0 unspecified atom stereocenters. The summed E-state index contributed by atoms with van der Waals surface area (Å²) >= 11 is 0. The summed E-state index contributed by atoms with van der Waals surface area (Å²) in [5, 5.41) is 17.2. The summed E-state index contributed by atoms with van der Waals surface area (Å²) in [5.41, 5.74) is 0. The maximum atomic E-state index is 11.6. The average molecular weight is 258 g/mol. The fourth-order valence-corrected chi connectivity index (χ4v) is 1.69. The molecule has 1 aliphatic heterocycles. The molecule has 0 radical (unpaired) electrons. The minimum Gasteiger partial charge on any atom is -0.480 e. The fraction of sp³-hybridized carbons (Fsp3) is 0.600. The van der Waals surface area contributed by atoms with Crippen LogP contribution in [0.25, 0.3) is 0 Å². The lowest BCUT2D eigenvalue weighted by atomic mass is 10.2. The Morgan fingerprint density at radius 1 is 0.889 bits per heavy atom. The zero-order valence-corrected chi connectivity index (χ0v) is 9.66. The molecule has 8 nitrogen and oxygen atoms in total. The monoisotopic (exact) mass is 258 g/mol. The number of aliphatic carboxylic acids is 2. The molecule has 8 heteroatoms. The van der Waals surface area contributed by atoms with E-state index in [2.05, 4.69) is 0 Å². The molecule has 0 saturated carbocycles. The maximum Gasteiger partial charge on any atom is 0.323 e. The van der Waals surface area contributed by atoms with E-state index in [0.29, 0.717) is 0 Å². The van der Waals surface area contributed by atoms with Crippen LogP contribution in [0.3, 0.4) is 0 Å². The SMILES string of the molecule is O=C(O)CN1CCC(=O)N(CC(=O)O)CCC1=O. The van der Waals surface area contributed by atoms with E-state index >= 15 is 0 Å². The number of carbonyl (C=O) groups is 4. The van der Waals surface area contributed by atoms with Crippen LogP contribution in [-0.2, 0) is 19.2 Å². The van der Waals surface area contributed by atoms with Crippen molar-refractivity contribution < 1.29 is 29.4 Å². The Kier molecular flexibility index (Phi) is 4.64. The molecule has 2 amide bonds. The summed E-state index contributed by atoms with van der Waals surface area (Å²) in [6, 6.07) is 0. The molecule has 18 heavy (non-hydrogen) atoms. The highest BCUT2D eigenvalue weighted by Crippen LogP contribution is 2.06. The molecule has 1 saturated heterocycles. The fourth-order valence-electron chi connectivity index (χ4n) is 1.69. The van der Waals surface area contributed by atoms with Gasteiger partial charge < -0.3 is 20.0 Å². The molecule has 1 rings (SSSR count).